The second-order valence-corrected chi connectivity index (χ2v) is 9.37. The summed E-state index contributed by atoms with van der Waals surface area (Å²) in [6.07, 6.45) is 1.33. The minimum Gasteiger partial charge on any atom is -0.491 e. The van der Waals surface area contributed by atoms with Crippen molar-refractivity contribution in [3.8, 4) is 5.75 Å². The first-order valence-electron chi connectivity index (χ1n) is 10.1. The number of rotatable bonds is 10. The van der Waals surface area contributed by atoms with Crippen LogP contribution in [0, 0.1) is 0 Å². The van der Waals surface area contributed by atoms with Crippen LogP contribution in [-0.4, -0.2) is 97.6 Å². The first-order valence-corrected chi connectivity index (χ1v) is 11.6. The average Bonchev–Trinajstić information content (AvgIpc) is 3.35. The van der Waals surface area contributed by atoms with Crippen LogP contribution in [0.1, 0.15) is 6.42 Å². The first-order chi connectivity index (χ1) is 15.7. The lowest BCUT2D eigenvalue weighted by atomic mass is 10.1. The number of sulfonamides is 1. The van der Waals surface area contributed by atoms with Crippen LogP contribution in [0.3, 0.4) is 0 Å². The molecule has 2 fully saturated rings. The molecule has 0 saturated carbocycles. The third kappa shape index (κ3) is 5.00. The summed E-state index contributed by atoms with van der Waals surface area (Å²) in [4.78, 5) is 39.5. The van der Waals surface area contributed by atoms with Crippen LogP contribution in [0.15, 0.2) is 41.8 Å². The zero-order valence-corrected chi connectivity index (χ0v) is 18.9. The summed E-state index contributed by atoms with van der Waals surface area (Å²) in [5, 5.41) is 9.14. The highest BCUT2D eigenvalue weighted by Gasteiger charge is 2.50. The van der Waals surface area contributed by atoms with Gasteiger partial charge in [0.25, 0.3) is 11.8 Å². The van der Waals surface area contributed by atoms with Gasteiger partial charge in [-0.3, -0.25) is 19.7 Å². The second-order valence-electron chi connectivity index (χ2n) is 7.48. The summed E-state index contributed by atoms with van der Waals surface area (Å²) >= 11 is 0. The van der Waals surface area contributed by atoms with E-state index in [1.54, 1.807) is 0 Å². The van der Waals surface area contributed by atoms with E-state index in [1.807, 2.05) is 0 Å². The molecule has 3 rings (SSSR count). The van der Waals surface area contributed by atoms with Gasteiger partial charge in [0.15, 0.2) is 0 Å². The van der Waals surface area contributed by atoms with Crippen LogP contribution in [0.2, 0.25) is 0 Å². The molecule has 0 bridgehead atoms. The third-order valence-corrected chi connectivity index (χ3v) is 7.31. The van der Waals surface area contributed by atoms with E-state index in [0.717, 1.165) is 9.21 Å². The van der Waals surface area contributed by atoms with Crippen molar-refractivity contribution < 1.29 is 37.5 Å². The van der Waals surface area contributed by atoms with Gasteiger partial charge in [0.05, 0.1) is 17.5 Å². The normalized spacial score (nSPS) is 21.5. The highest BCUT2D eigenvalue weighted by atomic mass is 32.2. The molecular weight excluding hydrogens is 456 g/mol. The number of methoxy groups -OCH3 is 1. The molecule has 4 amide bonds. The van der Waals surface area contributed by atoms with Crippen molar-refractivity contribution in [3.05, 3.63) is 36.9 Å². The van der Waals surface area contributed by atoms with Crippen molar-refractivity contribution in [2.45, 2.75) is 23.4 Å². The maximum absolute atomic E-state index is 13.3. The summed E-state index contributed by atoms with van der Waals surface area (Å²) in [6, 6.07) is 2.85. The number of hydrogen-bond donors (Lipinski definition) is 2. The zero-order valence-electron chi connectivity index (χ0n) is 18.0. The number of imide groups is 1. The summed E-state index contributed by atoms with van der Waals surface area (Å²) in [6.45, 7) is 3.92. The number of urea groups is 1. The Hall–Kier alpha value is -3.00. The third-order valence-electron chi connectivity index (χ3n) is 5.42. The van der Waals surface area contributed by atoms with Gasteiger partial charge < -0.3 is 14.4 Å². The number of hydrogen-bond acceptors (Lipinski definition) is 8. The van der Waals surface area contributed by atoms with Crippen molar-refractivity contribution in [1.29, 1.82) is 0 Å². The summed E-state index contributed by atoms with van der Waals surface area (Å²) < 4.78 is 37.9. The van der Waals surface area contributed by atoms with Crippen LogP contribution >= 0.6 is 0 Å². The molecule has 1 aromatic carbocycles. The van der Waals surface area contributed by atoms with Crippen molar-refractivity contribution >= 4 is 27.9 Å². The standard InChI is InChI=1S/C20H26N4O8S/c1-3-8-22-13-18(25)24(20(22)27)14-11-17(19(26)21-28)23(12-14)33(29,30)16-6-4-15(5-7-16)32-10-9-31-2/h3-7,14,17,28H,1,8-13H2,2H3,(H,21,26)/t14-,17+/m0/s1. The quantitative estimate of drug-likeness (QED) is 0.153. The molecule has 12 nitrogen and oxygen atoms in total. The number of benzene rings is 1. The molecular formula is C20H26N4O8S. The molecule has 2 atom stereocenters. The lowest BCUT2D eigenvalue weighted by molar-refractivity contribution is -0.132. The van der Waals surface area contributed by atoms with E-state index >= 15 is 0 Å². The van der Waals surface area contributed by atoms with E-state index in [-0.39, 0.29) is 37.6 Å². The van der Waals surface area contributed by atoms with E-state index in [9.17, 15) is 22.8 Å². The zero-order chi connectivity index (χ0) is 24.2. The van der Waals surface area contributed by atoms with E-state index < -0.39 is 40.0 Å². The van der Waals surface area contributed by atoms with E-state index in [0.29, 0.717) is 12.4 Å². The number of carbonyl (C=O) groups excluding carboxylic acids is 3. The van der Waals surface area contributed by atoms with Crippen LogP contribution in [0.4, 0.5) is 4.79 Å². The Morgan fingerprint density at radius 2 is 1.97 bits per heavy atom. The Balaban J connectivity index is 1.84. The molecule has 2 saturated heterocycles. The number of nitrogens with one attached hydrogen (secondary N) is 1. The molecule has 2 heterocycles. The van der Waals surface area contributed by atoms with Crippen LogP contribution in [0.5, 0.6) is 5.75 Å². The molecule has 33 heavy (non-hydrogen) atoms. The molecule has 2 aliphatic heterocycles. The van der Waals surface area contributed by atoms with E-state index in [1.165, 1.54) is 47.8 Å². The molecule has 0 unspecified atom stereocenters. The summed E-state index contributed by atoms with van der Waals surface area (Å²) in [5.74, 6) is -1.01. The van der Waals surface area contributed by atoms with Gasteiger partial charge in [-0.05, 0) is 30.7 Å². The van der Waals surface area contributed by atoms with Gasteiger partial charge >= 0.3 is 6.03 Å². The Morgan fingerprint density at radius 1 is 1.27 bits per heavy atom. The second kappa shape index (κ2) is 10.3. The maximum Gasteiger partial charge on any atom is 0.327 e. The molecule has 2 aliphatic rings. The highest BCUT2D eigenvalue weighted by Crippen LogP contribution is 2.31. The lowest BCUT2D eigenvalue weighted by Gasteiger charge is -2.23. The minimum absolute atomic E-state index is 0.106. The van der Waals surface area contributed by atoms with Crippen molar-refractivity contribution in [2.75, 3.05) is 40.0 Å². The molecule has 180 valence electrons. The Kier molecular flexibility index (Phi) is 7.68. The van der Waals surface area contributed by atoms with Gasteiger partial charge in [0.1, 0.15) is 24.9 Å². The van der Waals surface area contributed by atoms with Gasteiger partial charge in [-0.1, -0.05) is 6.08 Å². The first kappa shape index (κ1) is 24.6. The van der Waals surface area contributed by atoms with E-state index in [2.05, 4.69) is 6.58 Å². The van der Waals surface area contributed by atoms with E-state index in [4.69, 9.17) is 14.7 Å². The van der Waals surface area contributed by atoms with Gasteiger partial charge in [0, 0.05) is 20.2 Å². The number of nitrogens with zero attached hydrogens (tertiary/aromatic N) is 3. The fraction of sp³-hybridized carbons (Fsp3) is 0.450. The topological polar surface area (TPSA) is 146 Å². The minimum atomic E-state index is -4.20. The Bertz CT molecular complexity index is 1010. The van der Waals surface area contributed by atoms with Crippen molar-refractivity contribution in [1.82, 2.24) is 19.6 Å². The van der Waals surface area contributed by atoms with Crippen LogP contribution in [-0.2, 0) is 24.3 Å². The molecule has 0 aliphatic carbocycles. The fourth-order valence-corrected chi connectivity index (χ4v) is 5.50. The van der Waals surface area contributed by atoms with Crippen molar-refractivity contribution in [3.63, 3.8) is 0 Å². The fourth-order valence-electron chi connectivity index (χ4n) is 3.86. The number of carbonyl (C=O) groups is 3. The Morgan fingerprint density at radius 3 is 2.58 bits per heavy atom. The lowest BCUT2D eigenvalue weighted by Crippen LogP contribution is -2.45. The molecule has 1 aromatic rings. The van der Waals surface area contributed by atoms with Gasteiger partial charge in [0.2, 0.25) is 10.0 Å². The molecule has 2 N–H and O–H groups in total. The SMILES string of the molecule is C=CCN1CC(=O)N([C@H]2C[C@H](C(=O)NO)N(S(=O)(=O)c3ccc(OCCOC)cc3)C2)C1=O. The van der Waals surface area contributed by atoms with Gasteiger partial charge in [-0.15, -0.1) is 6.58 Å². The smallest absolute Gasteiger partial charge is 0.327 e. The molecule has 0 spiro atoms. The average molecular weight is 483 g/mol. The summed E-state index contributed by atoms with van der Waals surface area (Å²) in [7, 11) is -2.67. The largest absolute Gasteiger partial charge is 0.491 e. The van der Waals surface area contributed by atoms with Crippen LogP contribution < -0.4 is 10.2 Å². The van der Waals surface area contributed by atoms with Crippen LogP contribution in [0.25, 0.3) is 0 Å². The number of ether oxygens (including phenoxy) is 2. The molecule has 0 aromatic heterocycles. The summed E-state index contributed by atoms with van der Waals surface area (Å²) in [5.41, 5.74) is 1.47. The van der Waals surface area contributed by atoms with Crippen molar-refractivity contribution in [2.24, 2.45) is 0 Å². The predicted molar refractivity (Wildman–Crippen MR) is 114 cm³/mol. The molecule has 13 heteroatoms. The monoisotopic (exact) mass is 482 g/mol. The maximum atomic E-state index is 13.3. The Labute approximate surface area is 191 Å². The van der Waals surface area contributed by atoms with Gasteiger partial charge in [-0.2, -0.15) is 4.31 Å². The number of amides is 4. The molecule has 0 radical (unpaired) electrons. The predicted octanol–water partition coefficient (Wildman–Crippen LogP) is -0.201. The number of hydroxylamine groups is 1. The highest BCUT2D eigenvalue weighted by molar-refractivity contribution is 7.89. The van der Waals surface area contributed by atoms with Gasteiger partial charge in [-0.25, -0.2) is 18.7 Å².